The van der Waals surface area contributed by atoms with E-state index in [1.807, 2.05) is 0 Å². The number of benzene rings is 3. The summed E-state index contributed by atoms with van der Waals surface area (Å²) in [7, 11) is -3.29. The Bertz CT molecular complexity index is 1260. The SMILES string of the molecule is CC(NC(=O)c1ccc(Oc2ccc(Cl)cc2[N+](=O)[O-])cc1)c1ccc(S(C)(=O)=O)cc1. The predicted octanol–water partition coefficient (Wildman–Crippen LogP) is 4.94. The molecule has 0 fully saturated rings. The number of halogens is 1. The number of carbonyl (C=O) groups excluding carboxylic acids is 1. The fourth-order valence-corrected chi connectivity index (χ4v) is 3.68. The maximum Gasteiger partial charge on any atom is 0.313 e. The monoisotopic (exact) mass is 474 g/mol. The van der Waals surface area contributed by atoms with Crippen molar-refractivity contribution < 1.29 is 22.9 Å². The summed E-state index contributed by atoms with van der Waals surface area (Å²) in [5, 5.41) is 14.2. The number of carbonyl (C=O) groups is 1. The Hall–Kier alpha value is -3.43. The van der Waals surface area contributed by atoms with Crippen LogP contribution in [-0.2, 0) is 9.84 Å². The molecule has 3 rings (SSSR count). The van der Waals surface area contributed by atoms with Crippen molar-refractivity contribution in [3.8, 4) is 11.5 Å². The van der Waals surface area contributed by atoms with Gasteiger partial charge in [-0.1, -0.05) is 23.7 Å². The average Bonchev–Trinajstić information content (AvgIpc) is 2.74. The second-order valence-electron chi connectivity index (χ2n) is 7.03. The molecule has 32 heavy (non-hydrogen) atoms. The standard InChI is InChI=1S/C22H19ClN2O6S/c1-14(15-5-10-19(11-6-15)32(2,29)30)24-22(26)16-3-8-18(9-4-16)31-21-12-7-17(23)13-20(21)25(27)28/h3-14H,1-2H3,(H,24,26). The molecule has 0 aliphatic carbocycles. The summed E-state index contributed by atoms with van der Waals surface area (Å²) in [6, 6.07) is 16.1. The highest BCUT2D eigenvalue weighted by molar-refractivity contribution is 7.90. The lowest BCUT2D eigenvalue weighted by Crippen LogP contribution is -2.26. The lowest BCUT2D eigenvalue weighted by molar-refractivity contribution is -0.385. The van der Waals surface area contributed by atoms with Gasteiger partial charge >= 0.3 is 5.69 Å². The van der Waals surface area contributed by atoms with Gasteiger partial charge < -0.3 is 10.1 Å². The summed E-state index contributed by atoms with van der Waals surface area (Å²) < 4.78 is 28.7. The number of sulfone groups is 1. The van der Waals surface area contributed by atoms with Crippen LogP contribution in [0.3, 0.4) is 0 Å². The van der Waals surface area contributed by atoms with Gasteiger partial charge in [-0.3, -0.25) is 14.9 Å². The molecular formula is C22H19ClN2O6S. The highest BCUT2D eigenvalue weighted by Gasteiger charge is 2.17. The Morgan fingerprint density at radius 2 is 1.69 bits per heavy atom. The molecule has 0 spiro atoms. The van der Waals surface area contributed by atoms with Gasteiger partial charge in [0.1, 0.15) is 5.75 Å². The van der Waals surface area contributed by atoms with Crippen LogP contribution in [0.15, 0.2) is 71.6 Å². The number of amides is 1. The third kappa shape index (κ3) is 5.63. The first kappa shape index (κ1) is 23.2. The van der Waals surface area contributed by atoms with Crippen molar-refractivity contribution in [3.63, 3.8) is 0 Å². The molecule has 3 aromatic carbocycles. The largest absolute Gasteiger partial charge is 0.450 e. The van der Waals surface area contributed by atoms with Crippen LogP contribution in [-0.4, -0.2) is 25.5 Å². The summed E-state index contributed by atoms with van der Waals surface area (Å²) >= 11 is 5.80. The molecule has 10 heteroatoms. The van der Waals surface area contributed by atoms with Crippen LogP contribution < -0.4 is 10.1 Å². The van der Waals surface area contributed by atoms with Crippen molar-refractivity contribution in [1.82, 2.24) is 5.32 Å². The first-order chi connectivity index (χ1) is 15.0. The minimum absolute atomic E-state index is 0.0303. The molecule has 0 saturated heterocycles. The van der Waals surface area contributed by atoms with Crippen LogP contribution in [0.4, 0.5) is 5.69 Å². The van der Waals surface area contributed by atoms with Crippen molar-refractivity contribution in [2.75, 3.05) is 6.26 Å². The number of hydrogen-bond donors (Lipinski definition) is 1. The van der Waals surface area contributed by atoms with Gasteiger partial charge in [0.25, 0.3) is 5.91 Å². The number of hydrogen-bond acceptors (Lipinski definition) is 6. The highest BCUT2D eigenvalue weighted by atomic mass is 35.5. The Labute approximate surface area is 189 Å². The number of nitro groups is 1. The molecule has 0 saturated carbocycles. The van der Waals surface area contributed by atoms with Crippen LogP contribution in [0.1, 0.15) is 28.9 Å². The van der Waals surface area contributed by atoms with Crippen molar-refractivity contribution in [2.45, 2.75) is 17.9 Å². The van der Waals surface area contributed by atoms with E-state index in [-0.39, 0.29) is 33.3 Å². The second-order valence-corrected chi connectivity index (χ2v) is 9.48. The van der Waals surface area contributed by atoms with E-state index in [0.29, 0.717) is 11.3 Å². The van der Waals surface area contributed by atoms with Crippen LogP contribution >= 0.6 is 11.6 Å². The van der Waals surface area contributed by atoms with Crippen LogP contribution in [0.25, 0.3) is 0 Å². The van der Waals surface area contributed by atoms with E-state index in [2.05, 4.69) is 5.32 Å². The number of ether oxygens (including phenoxy) is 1. The lowest BCUT2D eigenvalue weighted by atomic mass is 10.1. The summed E-state index contributed by atoms with van der Waals surface area (Å²) in [6.07, 6.45) is 1.13. The molecule has 1 amide bonds. The molecule has 1 atom stereocenters. The molecule has 0 radical (unpaired) electrons. The minimum Gasteiger partial charge on any atom is -0.450 e. The zero-order chi connectivity index (χ0) is 23.5. The number of rotatable bonds is 7. The van der Waals surface area contributed by atoms with E-state index in [1.165, 1.54) is 54.6 Å². The number of nitro benzene ring substituents is 1. The molecular weight excluding hydrogens is 456 g/mol. The van der Waals surface area contributed by atoms with E-state index in [0.717, 1.165) is 11.8 Å². The smallest absolute Gasteiger partial charge is 0.313 e. The molecule has 0 bridgehead atoms. The molecule has 1 N–H and O–H groups in total. The molecule has 166 valence electrons. The summed E-state index contributed by atoms with van der Waals surface area (Å²) in [4.78, 5) is 23.3. The molecule has 8 nitrogen and oxygen atoms in total. The number of nitrogens with zero attached hydrogens (tertiary/aromatic N) is 1. The van der Waals surface area contributed by atoms with Crippen LogP contribution in [0.5, 0.6) is 11.5 Å². The maximum absolute atomic E-state index is 12.6. The zero-order valence-electron chi connectivity index (χ0n) is 17.1. The van der Waals surface area contributed by atoms with Gasteiger partial charge in [-0.05, 0) is 61.0 Å². The number of nitrogens with one attached hydrogen (secondary N) is 1. The van der Waals surface area contributed by atoms with E-state index < -0.39 is 14.8 Å². The van der Waals surface area contributed by atoms with Crippen molar-refractivity contribution in [3.05, 3.63) is 93.0 Å². The maximum atomic E-state index is 12.6. The van der Waals surface area contributed by atoms with E-state index in [4.69, 9.17) is 16.3 Å². The van der Waals surface area contributed by atoms with Gasteiger partial charge in [-0.25, -0.2) is 8.42 Å². The van der Waals surface area contributed by atoms with E-state index in [1.54, 1.807) is 19.1 Å². The Morgan fingerprint density at radius 3 is 2.25 bits per heavy atom. The Balaban J connectivity index is 1.68. The quantitative estimate of drug-likeness (QED) is 0.383. The molecule has 1 unspecified atom stereocenters. The van der Waals surface area contributed by atoms with Crippen molar-refractivity contribution in [2.24, 2.45) is 0 Å². The third-order valence-corrected chi connectivity index (χ3v) is 5.98. The Morgan fingerprint density at radius 1 is 1.06 bits per heavy atom. The molecule has 0 aliphatic rings. The van der Waals surface area contributed by atoms with Gasteiger partial charge in [0, 0.05) is 22.9 Å². The van der Waals surface area contributed by atoms with Gasteiger partial charge in [0.05, 0.1) is 15.9 Å². The second kappa shape index (κ2) is 9.37. The third-order valence-electron chi connectivity index (χ3n) is 4.62. The normalized spacial score (nSPS) is 12.1. The van der Waals surface area contributed by atoms with Crippen LogP contribution in [0, 0.1) is 10.1 Å². The Kier molecular flexibility index (Phi) is 6.81. The first-order valence-corrected chi connectivity index (χ1v) is 11.6. The fourth-order valence-electron chi connectivity index (χ4n) is 2.89. The molecule has 0 heterocycles. The molecule has 3 aromatic rings. The first-order valence-electron chi connectivity index (χ1n) is 9.37. The van der Waals surface area contributed by atoms with Crippen molar-refractivity contribution in [1.29, 1.82) is 0 Å². The zero-order valence-corrected chi connectivity index (χ0v) is 18.7. The lowest BCUT2D eigenvalue weighted by Gasteiger charge is -2.15. The molecule has 0 aromatic heterocycles. The summed E-state index contributed by atoms with van der Waals surface area (Å²) in [5.74, 6) is 0.00728. The minimum atomic E-state index is -3.29. The van der Waals surface area contributed by atoms with Crippen LogP contribution in [0.2, 0.25) is 5.02 Å². The van der Waals surface area contributed by atoms with Crippen molar-refractivity contribution >= 4 is 33.0 Å². The highest BCUT2D eigenvalue weighted by Crippen LogP contribution is 2.33. The van der Waals surface area contributed by atoms with Gasteiger partial charge in [0.15, 0.2) is 9.84 Å². The van der Waals surface area contributed by atoms with E-state index in [9.17, 15) is 23.3 Å². The average molecular weight is 475 g/mol. The summed E-state index contributed by atoms with van der Waals surface area (Å²) in [6.45, 7) is 1.78. The van der Waals surface area contributed by atoms with Gasteiger partial charge in [0.2, 0.25) is 5.75 Å². The predicted molar refractivity (Wildman–Crippen MR) is 120 cm³/mol. The topological polar surface area (TPSA) is 116 Å². The van der Waals surface area contributed by atoms with E-state index >= 15 is 0 Å². The summed E-state index contributed by atoms with van der Waals surface area (Å²) in [5.41, 5.74) is 0.846. The van der Waals surface area contributed by atoms with Gasteiger partial charge in [-0.15, -0.1) is 0 Å². The van der Waals surface area contributed by atoms with Gasteiger partial charge in [-0.2, -0.15) is 0 Å². The molecule has 0 aliphatic heterocycles. The fraction of sp³-hybridized carbons (Fsp3) is 0.136.